The van der Waals surface area contributed by atoms with Gasteiger partial charge in [0, 0.05) is 6.42 Å². The molecule has 0 radical (unpaired) electrons. The molecule has 1 aromatic heterocycles. The molecule has 1 aromatic carbocycles. The molecule has 0 bridgehead atoms. The highest BCUT2D eigenvalue weighted by molar-refractivity contribution is 9.11. The number of halogens is 2. The quantitative estimate of drug-likeness (QED) is 0.820. The summed E-state index contributed by atoms with van der Waals surface area (Å²) < 4.78 is 28.1. The van der Waals surface area contributed by atoms with Crippen molar-refractivity contribution in [1.29, 1.82) is 0 Å². The summed E-state index contributed by atoms with van der Waals surface area (Å²) in [7, 11) is -3.73. The highest BCUT2D eigenvalue weighted by Gasteiger charge is 2.34. The number of nitrogens with one attached hydrogen (secondary N) is 1. The molecule has 8 heteroatoms. The molecule has 1 aliphatic carbocycles. The highest BCUT2D eigenvalue weighted by Crippen LogP contribution is 2.37. The van der Waals surface area contributed by atoms with Crippen molar-refractivity contribution in [1.82, 2.24) is 4.72 Å². The first-order valence-electron chi connectivity index (χ1n) is 6.11. The summed E-state index contributed by atoms with van der Waals surface area (Å²) >= 11 is 10.1. The molecule has 2 N–H and O–H groups in total. The third-order valence-corrected chi connectivity index (χ3v) is 7.76. The van der Waals surface area contributed by atoms with Gasteiger partial charge in [-0.25, -0.2) is 13.1 Å². The van der Waals surface area contributed by atoms with Crippen molar-refractivity contribution >= 4 is 48.9 Å². The maximum Gasteiger partial charge on any atom is 0.250 e. The second-order valence-corrected chi connectivity index (χ2v) is 9.47. The van der Waals surface area contributed by atoms with Crippen molar-refractivity contribution in [3.05, 3.63) is 50.3 Å². The largest absolute Gasteiger partial charge is 0.391 e. The number of thiophene rings is 1. The Morgan fingerprint density at radius 1 is 1.38 bits per heavy atom. The van der Waals surface area contributed by atoms with E-state index in [9.17, 15) is 13.5 Å². The standard InChI is InChI=1S/C13H11BrClNO3S2/c14-13-9(15)6-11(20-13)21(18,19)16-12-8-4-2-1-3-7(8)5-10(12)17/h1-4,6,10,12,16-17H,5H2/t10-,12+/m1/s1. The lowest BCUT2D eigenvalue weighted by atomic mass is 10.1. The van der Waals surface area contributed by atoms with Crippen LogP contribution in [0.1, 0.15) is 17.2 Å². The van der Waals surface area contributed by atoms with Gasteiger partial charge in [0.2, 0.25) is 0 Å². The zero-order chi connectivity index (χ0) is 15.2. The van der Waals surface area contributed by atoms with Crippen molar-refractivity contribution in [3.8, 4) is 0 Å². The van der Waals surface area contributed by atoms with Gasteiger partial charge in [0.15, 0.2) is 0 Å². The van der Waals surface area contributed by atoms with Crippen LogP contribution in [0, 0.1) is 0 Å². The fourth-order valence-corrected chi connectivity index (χ4v) is 6.06. The van der Waals surface area contributed by atoms with Crippen molar-refractivity contribution < 1.29 is 13.5 Å². The normalized spacial score (nSPS) is 21.5. The Kier molecular flexibility index (Phi) is 4.15. The maximum atomic E-state index is 12.4. The molecular weight excluding hydrogens is 398 g/mol. The second-order valence-electron chi connectivity index (χ2n) is 4.76. The summed E-state index contributed by atoms with van der Waals surface area (Å²) in [6.07, 6.45) is -0.325. The summed E-state index contributed by atoms with van der Waals surface area (Å²) in [5.41, 5.74) is 1.78. The van der Waals surface area contributed by atoms with Gasteiger partial charge in [0.25, 0.3) is 10.0 Å². The fourth-order valence-electron chi connectivity index (χ4n) is 2.40. The Bertz CT molecular complexity index is 771. The lowest BCUT2D eigenvalue weighted by Gasteiger charge is -2.17. The molecule has 0 unspecified atom stereocenters. The molecule has 3 rings (SSSR count). The summed E-state index contributed by atoms with van der Waals surface area (Å²) in [4.78, 5) is 0. The van der Waals surface area contributed by atoms with E-state index >= 15 is 0 Å². The molecule has 2 atom stereocenters. The number of aliphatic hydroxyl groups excluding tert-OH is 1. The fraction of sp³-hybridized carbons (Fsp3) is 0.231. The summed E-state index contributed by atoms with van der Waals surface area (Å²) in [6.45, 7) is 0. The molecule has 0 fully saturated rings. The van der Waals surface area contributed by atoms with Crippen LogP contribution in [0.3, 0.4) is 0 Å². The number of benzene rings is 1. The van der Waals surface area contributed by atoms with Crippen LogP contribution in [0.4, 0.5) is 0 Å². The van der Waals surface area contributed by atoms with Gasteiger partial charge in [-0.2, -0.15) is 0 Å². The molecule has 0 saturated heterocycles. The van der Waals surface area contributed by atoms with Gasteiger partial charge in [-0.3, -0.25) is 0 Å². The number of rotatable bonds is 3. The van der Waals surface area contributed by atoms with Gasteiger partial charge in [-0.1, -0.05) is 35.9 Å². The number of sulfonamides is 1. The van der Waals surface area contributed by atoms with Gasteiger partial charge in [-0.15, -0.1) is 11.3 Å². The molecule has 1 heterocycles. The Morgan fingerprint density at radius 3 is 2.76 bits per heavy atom. The van der Waals surface area contributed by atoms with E-state index in [1.165, 1.54) is 6.07 Å². The van der Waals surface area contributed by atoms with Crippen LogP contribution in [0.5, 0.6) is 0 Å². The van der Waals surface area contributed by atoms with Gasteiger partial charge >= 0.3 is 0 Å². The van der Waals surface area contributed by atoms with Crippen LogP contribution >= 0.6 is 38.9 Å². The predicted molar refractivity (Wildman–Crippen MR) is 86.2 cm³/mol. The molecule has 0 saturated carbocycles. The van der Waals surface area contributed by atoms with E-state index < -0.39 is 22.2 Å². The Hall–Kier alpha value is -0.440. The van der Waals surface area contributed by atoms with E-state index in [-0.39, 0.29) is 4.21 Å². The zero-order valence-electron chi connectivity index (χ0n) is 10.6. The number of hydrogen-bond acceptors (Lipinski definition) is 4. The average molecular weight is 409 g/mol. The van der Waals surface area contributed by atoms with E-state index in [0.717, 1.165) is 22.5 Å². The van der Waals surface area contributed by atoms with Crippen molar-refractivity contribution in [2.24, 2.45) is 0 Å². The summed E-state index contributed by atoms with van der Waals surface area (Å²) in [5.74, 6) is 0. The van der Waals surface area contributed by atoms with Gasteiger partial charge < -0.3 is 5.11 Å². The SMILES string of the molecule is O=S(=O)(N[C@H]1c2ccccc2C[C@H]1O)c1cc(Cl)c(Br)s1. The molecule has 112 valence electrons. The molecule has 2 aromatic rings. The monoisotopic (exact) mass is 407 g/mol. The molecule has 0 aliphatic heterocycles. The Balaban J connectivity index is 1.93. The first kappa shape index (κ1) is 15.5. The van der Waals surface area contributed by atoms with E-state index in [1.54, 1.807) is 0 Å². The average Bonchev–Trinajstić information content (AvgIpc) is 2.92. The van der Waals surface area contributed by atoms with Gasteiger partial charge in [0.1, 0.15) is 4.21 Å². The van der Waals surface area contributed by atoms with Crippen molar-refractivity contribution in [3.63, 3.8) is 0 Å². The first-order chi connectivity index (χ1) is 9.88. The molecule has 4 nitrogen and oxygen atoms in total. The first-order valence-corrected chi connectivity index (χ1v) is 9.58. The number of hydrogen-bond donors (Lipinski definition) is 2. The van der Waals surface area contributed by atoms with Gasteiger partial charge in [-0.05, 0) is 33.1 Å². The summed E-state index contributed by atoms with van der Waals surface area (Å²) in [5, 5.41) is 10.5. The van der Waals surface area contributed by atoms with Crippen LogP contribution in [0.15, 0.2) is 38.3 Å². The molecule has 21 heavy (non-hydrogen) atoms. The van der Waals surface area contributed by atoms with E-state index in [0.29, 0.717) is 15.2 Å². The lowest BCUT2D eigenvalue weighted by molar-refractivity contribution is 0.151. The van der Waals surface area contributed by atoms with Crippen LogP contribution < -0.4 is 4.72 Å². The zero-order valence-corrected chi connectivity index (χ0v) is 14.6. The molecule has 0 amide bonds. The number of aliphatic hydroxyl groups is 1. The Morgan fingerprint density at radius 2 is 2.10 bits per heavy atom. The smallest absolute Gasteiger partial charge is 0.250 e. The molecule has 0 spiro atoms. The Labute approximate surface area is 139 Å². The third-order valence-electron chi connectivity index (χ3n) is 3.37. The predicted octanol–water partition coefficient (Wildman–Crippen LogP) is 3.10. The van der Waals surface area contributed by atoms with Crippen LogP contribution in [0.25, 0.3) is 0 Å². The molecular formula is C13H11BrClNO3S2. The van der Waals surface area contributed by atoms with Crippen LogP contribution in [-0.2, 0) is 16.4 Å². The van der Waals surface area contributed by atoms with Crippen LogP contribution in [-0.4, -0.2) is 19.6 Å². The minimum atomic E-state index is -3.73. The van der Waals surface area contributed by atoms with E-state index in [2.05, 4.69) is 20.7 Å². The van der Waals surface area contributed by atoms with E-state index in [1.807, 2.05) is 24.3 Å². The minimum absolute atomic E-state index is 0.121. The van der Waals surface area contributed by atoms with Crippen LogP contribution in [0.2, 0.25) is 5.02 Å². The second kappa shape index (κ2) is 5.64. The van der Waals surface area contributed by atoms with E-state index in [4.69, 9.17) is 11.6 Å². The number of fused-ring (bicyclic) bond motifs is 1. The van der Waals surface area contributed by atoms with Gasteiger partial charge in [0.05, 0.1) is 21.0 Å². The summed E-state index contributed by atoms with van der Waals surface area (Å²) in [6, 6.07) is 8.19. The van der Waals surface area contributed by atoms with Crippen molar-refractivity contribution in [2.45, 2.75) is 22.8 Å². The lowest BCUT2D eigenvalue weighted by Crippen LogP contribution is -2.33. The topological polar surface area (TPSA) is 66.4 Å². The third kappa shape index (κ3) is 2.91. The maximum absolute atomic E-state index is 12.4. The minimum Gasteiger partial charge on any atom is -0.391 e. The molecule has 1 aliphatic rings. The van der Waals surface area contributed by atoms with Crippen molar-refractivity contribution in [2.75, 3.05) is 0 Å². The highest BCUT2D eigenvalue weighted by atomic mass is 79.9.